The number of benzene rings is 2. The molecule has 0 aliphatic carbocycles. The maximum Gasteiger partial charge on any atom is 0.338 e. The summed E-state index contributed by atoms with van der Waals surface area (Å²) in [6, 6.07) is 12.3. The molecule has 0 aliphatic heterocycles. The monoisotopic (exact) mass is 487 g/mol. The van der Waals surface area contributed by atoms with Crippen molar-refractivity contribution >= 4 is 51.3 Å². The molecule has 4 aromatic rings. The van der Waals surface area contributed by atoms with Gasteiger partial charge in [-0.05, 0) is 43.3 Å². The van der Waals surface area contributed by atoms with Gasteiger partial charge in [0.2, 0.25) is 0 Å². The van der Waals surface area contributed by atoms with Crippen LogP contribution in [0.25, 0.3) is 4.96 Å². The summed E-state index contributed by atoms with van der Waals surface area (Å²) in [5.74, 6) is -0.750. The highest BCUT2D eigenvalue weighted by molar-refractivity contribution is 7.99. The normalized spacial score (nSPS) is 10.9. The van der Waals surface area contributed by atoms with Crippen LogP contribution in [0.3, 0.4) is 0 Å². The molecule has 0 spiro atoms. The Hall–Kier alpha value is -3.21. The molecule has 0 unspecified atom stereocenters. The first-order chi connectivity index (χ1) is 15.3. The molecule has 2 heterocycles. The SMILES string of the molecule is Cc1csc2nc(COC(=O)c3ccc(Sc4ccc(Cl)cc4)c([N+](=O)[O-])c3)cc(=O)n12. The molecule has 0 fully saturated rings. The first-order valence-electron chi connectivity index (χ1n) is 9.17. The van der Waals surface area contributed by atoms with Crippen LogP contribution in [-0.2, 0) is 11.3 Å². The van der Waals surface area contributed by atoms with E-state index in [-0.39, 0.29) is 23.4 Å². The number of rotatable bonds is 6. The number of hydrogen-bond donors (Lipinski definition) is 0. The van der Waals surface area contributed by atoms with Crippen molar-refractivity contribution in [2.45, 2.75) is 23.3 Å². The van der Waals surface area contributed by atoms with Crippen LogP contribution in [0.5, 0.6) is 0 Å². The van der Waals surface area contributed by atoms with E-state index < -0.39 is 10.9 Å². The number of fused-ring (bicyclic) bond motifs is 1. The summed E-state index contributed by atoms with van der Waals surface area (Å²) in [6.45, 7) is 1.57. The van der Waals surface area contributed by atoms with Crippen molar-refractivity contribution in [2.24, 2.45) is 0 Å². The van der Waals surface area contributed by atoms with E-state index in [0.29, 0.717) is 20.6 Å². The standard InChI is InChI=1S/C21H14ClN3O5S2/c1-12-11-31-21-23-15(9-19(26)24(12)21)10-30-20(27)13-2-7-18(17(8-13)25(28)29)32-16-5-3-14(22)4-6-16/h2-9,11H,10H2,1H3. The second kappa shape index (κ2) is 9.11. The molecule has 0 saturated carbocycles. The number of nitro groups is 1. The molecule has 162 valence electrons. The summed E-state index contributed by atoms with van der Waals surface area (Å²) in [5, 5.41) is 13.9. The van der Waals surface area contributed by atoms with Gasteiger partial charge in [0.05, 0.1) is 21.1 Å². The number of halogens is 1. The molecule has 2 aromatic heterocycles. The summed E-state index contributed by atoms with van der Waals surface area (Å²) in [4.78, 5) is 41.7. The predicted molar refractivity (Wildman–Crippen MR) is 122 cm³/mol. The highest BCUT2D eigenvalue weighted by atomic mass is 35.5. The molecule has 0 saturated heterocycles. The lowest BCUT2D eigenvalue weighted by Gasteiger charge is -2.07. The molecule has 2 aromatic carbocycles. The number of carbonyl (C=O) groups excluding carboxylic acids is 1. The summed E-state index contributed by atoms with van der Waals surface area (Å²) < 4.78 is 6.71. The molecule has 0 atom stereocenters. The second-order valence-electron chi connectivity index (χ2n) is 6.65. The van der Waals surface area contributed by atoms with Crippen molar-refractivity contribution in [3.8, 4) is 0 Å². The molecule has 11 heteroatoms. The number of aromatic nitrogens is 2. The average molecular weight is 488 g/mol. The van der Waals surface area contributed by atoms with Crippen LogP contribution in [0.1, 0.15) is 21.7 Å². The average Bonchev–Trinajstić information content (AvgIpc) is 3.15. The third-order valence-electron chi connectivity index (χ3n) is 4.41. The Kier molecular flexibility index (Phi) is 6.26. The van der Waals surface area contributed by atoms with E-state index in [9.17, 15) is 19.7 Å². The number of ether oxygens (including phenoxy) is 1. The van der Waals surface area contributed by atoms with Crippen molar-refractivity contribution in [2.75, 3.05) is 0 Å². The van der Waals surface area contributed by atoms with Crippen molar-refractivity contribution in [3.05, 3.63) is 96.4 Å². The number of nitro benzene ring substituents is 1. The van der Waals surface area contributed by atoms with Gasteiger partial charge in [-0.2, -0.15) is 0 Å². The minimum atomic E-state index is -0.750. The maximum absolute atomic E-state index is 12.5. The van der Waals surface area contributed by atoms with Gasteiger partial charge in [0.1, 0.15) is 6.61 Å². The molecule has 4 rings (SSSR count). The molecule has 0 radical (unpaired) electrons. The summed E-state index contributed by atoms with van der Waals surface area (Å²) in [6.07, 6.45) is 0. The zero-order valence-corrected chi connectivity index (χ0v) is 18.9. The Bertz CT molecular complexity index is 1400. The molecular weight excluding hydrogens is 474 g/mol. The Balaban J connectivity index is 1.52. The number of aryl methyl sites for hydroxylation is 1. The van der Waals surface area contributed by atoms with Crippen molar-refractivity contribution in [3.63, 3.8) is 0 Å². The van der Waals surface area contributed by atoms with Gasteiger partial charge >= 0.3 is 5.97 Å². The van der Waals surface area contributed by atoms with Gasteiger partial charge in [-0.3, -0.25) is 19.3 Å². The van der Waals surface area contributed by atoms with E-state index in [1.165, 1.54) is 51.8 Å². The van der Waals surface area contributed by atoms with Crippen molar-refractivity contribution < 1.29 is 14.5 Å². The minimum absolute atomic E-state index is 0.0296. The van der Waals surface area contributed by atoms with Gasteiger partial charge in [-0.25, -0.2) is 9.78 Å². The lowest BCUT2D eigenvalue weighted by molar-refractivity contribution is -0.387. The molecule has 0 bridgehead atoms. The first-order valence-corrected chi connectivity index (χ1v) is 11.2. The van der Waals surface area contributed by atoms with Crippen LogP contribution >= 0.6 is 34.7 Å². The van der Waals surface area contributed by atoms with E-state index in [0.717, 1.165) is 10.6 Å². The van der Waals surface area contributed by atoms with Crippen LogP contribution in [0.15, 0.2) is 68.5 Å². The Morgan fingerprint density at radius 2 is 2.00 bits per heavy atom. The van der Waals surface area contributed by atoms with Gasteiger partial charge in [0, 0.05) is 33.1 Å². The van der Waals surface area contributed by atoms with Gasteiger partial charge in [-0.1, -0.05) is 23.4 Å². The van der Waals surface area contributed by atoms with Gasteiger partial charge in [0.15, 0.2) is 4.96 Å². The van der Waals surface area contributed by atoms with E-state index in [1.807, 2.05) is 5.38 Å². The third kappa shape index (κ3) is 4.67. The van der Waals surface area contributed by atoms with Crippen molar-refractivity contribution in [1.29, 1.82) is 0 Å². The van der Waals surface area contributed by atoms with E-state index >= 15 is 0 Å². The second-order valence-corrected chi connectivity index (χ2v) is 9.04. The van der Waals surface area contributed by atoms with Crippen LogP contribution < -0.4 is 5.56 Å². The molecule has 32 heavy (non-hydrogen) atoms. The summed E-state index contributed by atoms with van der Waals surface area (Å²) in [7, 11) is 0. The zero-order chi connectivity index (χ0) is 22.8. The Morgan fingerprint density at radius 1 is 1.25 bits per heavy atom. The Morgan fingerprint density at radius 3 is 2.72 bits per heavy atom. The predicted octanol–water partition coefficient (Wildman–Crippen LogP) is 5.13. The fraction of sp³-hybridized carbons (Fsp3) is 0.0952. The smallest absolute Gasteiger partial charge is 0.338 e. The van der Waals surface area contributed by atoms with Crippen LogP contribution in [0.2, 0.25) is 5.02 Å². The minimum Gasteiger partial charge on any atom is -0.456 e. The Labute approximate surface area is 194 Å². The lowest BCUT2D eigenvalue weighted by Crippen LogP contribution is -2.16. The van der Waals surface area contributed by atoms with Gasteiger partial charge in [-0.15, -0.1) is 11.3 Å². The molecule has 0 amide bonds. The van der Waals surface area contributed by atoms with E-state index in [4.69, 9.17) is 16.3 Å². The molecular formula is C21H14ClN3O5S2. The fourth-order valence-electron chi connectivity index (χ4n) is 2.90. The van der Waals surface area contributed by atoms with Gasteiger partial charge < -0.3 is 4.74 Å². The third-order valence-corrected chi connectivity index (χ3v) is 6.68. The largest absolute Gasteiger partial charge is 0.456 e. The van der Waals surface area contributed by atoms with Crippen molar-refractivity contribution in [1.82, 2.24) is 9.38 Å². The zero-order valence-electron chi connectivity index (χ0n) is 16.5. The molecule has 8 nitrogen and oxygen atoms in total. The first kappa shape index (κ1) is 22.0. The number of thiazole rings is 1. The number of hydrogen-bond acceptors (Lipinski definition) is 8. The highest BCUT2D eigenvalue weighted by Crippen LogP contribution is 2.36. The number of carbonyl (C=O) groups is 1. The van der Waals surface area contributed by atoms with Gasteiger partial charge in [0.25, 0.3) is 11.2 Å². The fourth-order valence-corrected chi connectivity index (χ4v) is 4.82. The maximum atomic E-state index is 12.5. The number of nitrogens with zero attached hydrogens (tertiary/aromatic N) is 3. The molecule has 0 aliphatic rings. The van der Waals surface area contributed by atoms with Crippen LogP contribution in [0, 0.1) is 17.0 Å². The molecule has 0 N–H and O–H groups in total. The van der Waals surface area contributed by atoms with Crippen LogP contribution in [-0.4, -0.2) is 20.3 Å². The summed E-state index contributed by atoms with van der Waals surface area (Å²) >= 11 is 8.37. The number of esters is 1. The quantitative estimate of drug-likeness (QED) is 0.211. The van der Waals surface area contributed by atoms with Crippen LogP contribution in [0.4, 0.5) is 5.69 Å². The van der Waals surface area contributed by atoms with E-state index in [1.54, 1.807) is 31.2 Å². The summed E-state index contributed by atoms with van der Waals surface area (Å²) in [5.41, 5.74) is 0.622. The lowest BCUT2D eigenvalue weighted by atomic mass is 10.2. The highest BCUT2D eigenvalue weighted by Gasteiger charge is 2.20. The topological polar surface area (TPSA) is 104 Å². The van der Waals surface area contributed by atoms with E-state index in [2.05, 4.69) is 4.98 Å².